The Bertz CT molecular complexity index is 611. The lowest BCUT2D eigenvalue weighted by molar-refractivity contribution is -0.118. The van der Waals surface area contributed by atoms with Crippen molar-refractivity contribution in [3.8, 4) is 11.5 Å². The quantitative estimate of drug-likeness (QED) is 0.887. The highest BCUT2D eigenvalue weighted by Gasteiger charge is 2.18. The minimum Gasteiger partial charge on any atom is -0.493 e. The number of carbonyl (C=O) groups excluding carboxylic acids is 1. The molecule has 4 nitrogen and oxygen atoms in total. The van der Waals surface area contributed by atoms with Gasteiger partial charge in [-0.1, -0.05) is 36.4 Å². The van der Waals surface area contributed by atoms with E-state index in [4.69, 9.17) is 15.2 Å². The molecule has 2 aromatic rings. The molecule has 0 saturated carbocycles. The molecule has 0 saturated heterocycles. The minimum atomic E-state index is -0.335. The number of methoxy groups -OCH3 is 2. The maximum atomic E-state index is 11.4. The van der Waals surface area contributed by atoms with E-state index >= 15 is 0 Å². The molecule has 4 heteroatoms. The Morgan fingerprint density at radius 2 is 1.67 bits per heavy atom. The monoisotopic (exact) mass is 285 g/mol. The number of hydrogen-bond acceptors (Lipinski definition) is 3. The highest BCUT2D eigenvalue weighted by atomic mass is 16.5. The van der Waals surface area contributed by atoms with Gasteiger partial charge in [0.25, 0.3) is 0 Å². The van der Waals surface area contributed by atoms with E-state index in [1.54, 1.807) is 14.2 Å². The van der Waals surface area contributed by atoms with Gasteiger partial charge in [-0.05, 0) is 23.3 Å². The fourth-order valence-electron chi connectivity index (χ4n) is 2.38. The lowest BCUT2D eigenvalue weighted by Gasteiger charge is -2.18. The van der Waals surface area contributed by atoms with Crippen molar-refractivity contribution in [2.24, 2.45) is 5.73 Å². The van der Waals surface area contributed by atoms with Gasteiger partial charge in [-0.3, -0.25) is 4.79 Å². The Balaban J connectivity index is 2.44. The molecule has 110 valence electrons. The number of rotatable bonds is 6. The average Bonchev–Trinajstić information content (AvgIpc) is 2.52. The Labute approximate surface area is 124 Å². The van der Waals surface area contributed by atoms with E-state index in [1.807, 2.05) is 48.5 Å². The first-order valence-electron chi connectivity index (χ1n) is 6.71. The van der Waals surface area contributed by atoms with Crippen LogP contribution < -0.4 is 15.2 Å². The molecule has 0 fully saturated rings. The van der Waals surface area contributed by atoms with E-state index in [9.17, 15) is 4.79 Å². The van der Waals surface area contributed by atoms with Crippen LogP contribution >= 0.6 is 0 Å². The number of primary amides is 1. The van der Waals surface area contributed by atoms with Gasteiger partial charge in [-0.15, -0.1) is 0 Å². The smallest absolute Gasteiger partial charge is 0.218 e. The average molecular weight is 285 g/mol. The van der Waals surface area contributed by atoms with Crippen LogP contribution in [0.4, 0.5) is 0 Å². The van der Waals surface area contributed by atoms with Crippen molar-refractivity contribution in [1.82, 2.24) is 0 Å². The van der Waals surface area contributed by atoms with Gasteiger partial charge in [0, 0.05) is 12.3 Å². The number of hydrogen-bond donors (Lipinski definition) is 1. The maximum absolute atomic E-state index is 11.4. The van der Waals surface area contributed by atoms with Crippen LogP contribution in [-0.2, 0) is 4.79 Å². The van der Waals surface area contributed by atoms with Gasteiger partial charge in [0.1, 0.15) is 0 Å². The molecular weight excluding hydrogens is 266 g/mol. The molecule has 0 aliphatic carbocycles. The maximum Gasteiger partial charge on any atom is 0.218 e. The van der Waals surface area contributed by atoms with Crippen LogP contribution in [0.1, 0.15) is 23.5 Å². The van der Waals surface area contributed by atoms with Crippen LogP contribution in [0, 0.1) is 0 Å². The summed E-state index contributed by atoms with van der Waals surface area (Å²) in [5.41, 5.74) is 7.41. The summed E-state index contributed by atoms with van der Waals surface area (Å²) in [6.45, 7) is 0. The summed E-state index contributed by atoms with van der Waals surface area (Å²) in [6.07, 6.45) is 0.250. The number of nitrogens with two attached hydrogens (primary N) is 1. The number of amides is 1. The normalized spacial score (nSPS) is 11.7. The molecule has 1 amide bonds. The molecule has 0 spiro atoms. The fraction of sp³-hybridized carbons (Fsp3) is 0.235. The summed E-state index contributed by atoms with van der Waals surface area (Å²) in [6, 6.07) is 15.5. The zero-order chi connectivity index (χ0) is 15.2. The van der Waals surface area contributed by atoms with E-state index in [0.29, 0.717) is 11.5 Å². The topological polar surface area (TPSA) is 61.5 Å². The van der Waals surface area contributed by atoms with Crippen LogP contribution in [0.5, 0.6) is 11.5 Å². The van der Waals surface area contributed by atoms with Crippen LogP contribution in [0.15, 0.2) is 48.5 Å². The molecule has 1 unspecified atom stereocenters. The van der Waals surface area contributed by atoms with E-state index in [1.165, 1.54) is 0 Å². The molecular formula is C17H19NO3. The highest BCUT2D eigenvalue weighted by molar-refractivity contribution is 5.75. The van der Waals surface area contributed by atoms with Crippen molar-refractivity contribution in [3.05, 3.63) is 59.7 Å². The lowest BCUT2D eigenvalue weighted by atomic mass is 9.88. The predicted octanol–water partition coefficient (Wildman–Crippen LogP) is 2.71. The minimum absolute atomic E-state index is 0.0940. The van der Waals surface area contributed by atoms with Crippen molar-refractivity contribution in [2.45, 2.75) is 12.3 Å². The summed E-state index contributed by atoms with van der Waals surface area (Å²) >= 11 is 0. The van der Waals surface area contributed by atoms with Gasteiger partial charge in [-0.2, -0.15) is 0 Å². The number of carbonyl (C=O) groups is 1. The van der Waals surface area contributed by atoms with E-state index in [2.05, 4.69) is 0 Å². The second-order valence-corrected chi connectivity index (χ2v) is 4.75. The second-order valence-electron chi connectivity index (χ2n) is 4.75. The van der Waals surface area contributed by atoms with Gasteiger partial charge >= 0.3 is 0 Å². The third kappa shape index (κ3) is 3.54. The molecule has 2 aromatic carbocycles. The summed E-state index contributed by atoms with van der Waals surface area (Å²) in [5.74, 6) is 0.870. The molecule has 0 aromatic heterocycles. The van der Waals surface area contributed by atoms with Crippen molar-refractivity contribution < 1.29 is 14.3 Å². The molecule has 0 aliphatic rings. The van der Waals surface area contributed by atoms with Crippen molar-refractivity contribution in [1.29, 1.82) is 0 Å². The summed E-state index contributed by atoms with van der Waals surface area (Å²) in [5, 5.41) is 0. The zero-order valence-corrected chi connectivity index (χ0v) is 12.2. The first kappa shape index (κ1) is 14.9. The number of ether oxygens (including phenoxy) is 2. The first-order chi connectivity index (χ1) is 10.2. The summed E-state index contributed by atoms with van der Waals surface area (Å²) < 4.78 is 10.6. The summed E-state index contributed by atoms with van der Waals surface area (Å²) in [7, 11) is 3.18. The van der Waals surface area contributed by atoms with E-state index < -0.39 is 0 Å². The van der Waals surface area contributed by atoms with Crippen molar-refractivity contribution in [3.63, 3.8) is 0 Å². The standard InChI is InChI=1S/C17H19NO3/c1-20-15-9-8-13(10-16(15)21-2)14(11-17(18)19)12-6-4-3-5-7-12/h3-10,14H,11H2,1-2H3,(H2,18,19). The van der Waals surface area contributed by atoms with Gasteiger partial charge in [-0.25, -0.2) is 0 Å². The second kappa shape index (κ2) is 6.79. The van der Waals surface area contributed by atoms with Gasteiger partial charge < -0.3 is 15.2 Å². The van der Waals surface area contributed by atoms with Crippen LogP contribution in [0.2, 0.25) is 0 Å². The largest absolute Gasteiger partial charge is 0.493 e. The van der Waals surface area contributed by atoms with Crippen LogP contribution in [0.3, 0.4) is 0 Å². The van der Waals surface area contributed by atoms with Crippen LogP contribution in [0.25, 0.3) is 0 Å². The Hall–Kier alpha value is -2.49. The fourth-order valence-corrected chi connectivity index (χ4v) is 2.38. The molecule has 2 rings (SSSR count). The SMILES string of the molecule is COc1ccc(C(CC(N)=O)c2ccccc2)cc1OC. The summed E-state index contributed by atoms with van der Waals surface area (Å²) in [4.78, 5) is 11.4. The van der Waals surface area contributed by atoms with Crippen LogP contribution in [-0.4, -0.2) is 20.1 Å². The molecule has 0 radical (unpaired) electrons. The molecule has 2 N–H and O–H groups in total. The van der Waals surface area contributed by atoms with Gasteiger partial charge in [0.05, 0.1) is 14.2 Å². The van der Waals surface area contributed by atoms with E-state index in [-0.39, 0.29) is 18.2 Å². The van der Waals surface area contributed by atoms with Crippen molar-refractivity contribution in [2.75, 3.05) is 14.2 Å². The Morgan fingerprint density at radius 1 is 1.00 bits per heavy atom. The molecule has 0 bridgehead atoms. The van der Waals surface area contributed by atoms with Gasteiger partial charge in [0.2, 0.25) is 5.91 Å². The van der Waals surface area contributed by atoms with Crippen molar-refractivity contribution >= 4 is 5.91 Å². The third-order valence-electron chi connectivity index (χ3n) is 3.42. The lowest BCUT2D eigenvalue weighted by Crippen LogP contribution is -2.16. The molecule has 0 heterocycles. The van der Waals surface area contributed by atoms with E-state index in [0.717, 1.165) is 11.1 Å². The third-order valence-corrected chi connectivity index (χ3v) is 3.42. The zero-order valence-electron chi connectivity index (χ0n) is 12.2. The Kier molecular flexibility index (Phi) is 4.82. The highest BCUT2D eigenvalue weighted by Crippen LogP contribution is 2.34. The molecule has 1 atom stereocenters. The molecule has 21 heavy (non-hydrogen) atoms. The number of benzene rings is 2. The first-order valence-corrected chi connectivity index (χ1v) is 6.71. The molecule has 0 aliphatic heterocycles. The Morgan fingerprint density at radius 3 is 2.24 bits per heavy atom. The van der Waals surface area contributed by atoms with Gasteiger partial charge in [0.15, 0.2) is 11.5 Å². The predicted molar refractivity (Wildman–Crippen MR) is 81.6 cm³/mol.